The first kappa shape index (κ1) is 16.5. The molecule has 0 bridgehead atoms. The second-order valence-electron chi connectivity index (χ2n) is 6.59. The van der Waals surface area contributed by atoms with Crippen LogP contribution in [0.4, 0.5) is 0 Å². The van der Waals surface area contributed by atoms with Gasteiger partial charge in [-0.25, -0.2) is 0 Å². The molecule has 0 aromatic rings. The standard InChI is InChI=1S/C16H32N2O/c1-8-11(5)13(7)18-15(10(3)4)17-14(16(18)19)12(6)9-2/h10-15,17H,8-9H2,1-7H3. The van der Waals surface area contributed by atoms with Gasteiger partial charge in [0, 0.05) is 6.04 Å². The van der Waals surface area contributed by atoms with Crippen LogP contribution in [0.25, 0.3) is 0 Å². The lowest BCUT2D eigenvalue weighted by atomic mass is 9.96. The minimum Gasteiger partial charge on any atom is -0.323 e. The molecule has 5 atom stereocenters. The van der Waals surface area contributed by atoms with Gasteiger partial charge in [-0.3, -0.25) is 10.1 Å². The van der Waals surface area contributed by atoms with Gasteiger partial charge in [-0.2, -0.15) is 0 Å². The molecule has 19 heavy (non-hydrogen) atoms. The van der Waals surface area contributed by atoms with E-state index >= 15 is 0 Å². The Morgan fingerprint density at radius 1 is 1.11 bits per heavy atom. The fourth-order valence-corrected chi connectivity index (χ4v) is 2.86. The summed E-state index contributed by atoms with van der Waals surface area (Å²) in [5.74, 6) is 1.70. The summed E-state index contributed by atoms with van der Waals surface area (Å²) in [5, 5.41) is 3.58. The van der Waals surface area contributed by atoms with Crippen molar-refractivity contribution in [2.75, 3.05) is 0 Å². The first-order valence-electron chi connectivity index (χ1n) is 7.93. The van der Waals surface area contributed by atoms with Gasteiger partial charge in [-0.1, -0.05) is 54.4 Å². The molecule has 1 saturated heterocycles. The molecule has 3 nitrogen and oxygen atoms in total. The van der Waals surface area contributed by atoms with Crippen LogP contribution in [0.15, 0.2) is 0 Å². The van der Waals surface area contributed by atoms with Gasteiger partial charge in [0.15, 0.2) is 0 Å². The van der Waals surface area contributed by atoms with Gasteiger partial charge >= 0.3 is 0 Å². The van der Waals surface area contributed by atoms with E-state index in [2.05, 4.69) is 58.7 Å². The number of hydrogen-bond acceptors (Lipinski definition) is 2. The van der Waals surface area contributed by atoms with Crippen molar-refractivity contribution in [2.45, 2.75) is 79.6 Å². The Kier molecular flexibility index (Phi) is 5.84. The highest BCUT2D eigenvalue weighted by molar-refractivity contribution is 5.85. The van der Waals surface area contributed by atoms with Gasteiger partial charge in [-0.05, 0) is 24.7 Å². The molecule has 1 aliphatic rings. The summed E-state index contributed by atoms with van der Waals surface area (Å²) in [6.45, 7) is 15.4. The zero-order valence-electron chi connectivity index (χ0n) is 13.7. The van der Waals surface area contributed by atoms with E-state index in [9.17, 15) is 4.79 Å². The molecule has 0 saturated carbocycles. The molecule has 112 valence electrons. The Hall–Kier alpha value is -0.570. The maximum Gasteiger partial charge on any atom is 0.241 e. The van der Waals surface area contributed by atoms with Crippen LogP contribution < -0.4 is 5.32 Å². The second-order valence-corrected chi connectivity index (χ2v) is 6.59. The van der Waals surface area contributed by atoms with Crippen molar-refractivity contribution < 1.29 is 4.79 Å². The predicted molar refractivity (Wildman–Crippen MR) is 80.8 cm³/mol. The zero-order chi connectivity index (χ0) is 14.7. The van der Waals surface area contributed by atoms with Crippen molar-refractivity contribution in [1.29, 1.82) is 0 Å². The first-order chi connectivity index (χ1) is 8.84. The predicted octanol–water partition coefficient (Wildman–Crippen LogP) is 3.25. The fourth-order valence-electron chi connectivity index (χ4n) is 2.86. The summed E-state index contributed by atoms with van der Waals surface area (Å²) in [6, 6.07) is 0.315. The van der Waals surface area contributed by atoms with E-state index < -0.39 is 0 Å². The van der Waals surface area contributed by atoms with Crippen molar-refractivity contribution in [3.05, 3.63) is 0 Å². The Balaban J connectivity index is 2.95. The molecule has 3 heteroatoms. The maximum atomic E-state index is 12.7. The number of carbonyl (C=O) groups is 1. The van der Waals surface area contributed by atoms with Crippen molar-refractivity contribution in [3.8, 4) is 0 Å². The number of carbonyl (C=O) groups excluding carboxylic acids is 1. The third-order valence-electron chi connectivity index (χ3n) is 4.92. The molecule has 0 aliphatic carbocycles. The lowest BCUT2D eigenvalue weighted by Crippen LogP contribution is -2.48. The number of nitrogens with zero attached hydrogens (tertiary/aromatic N) is 1. The van der Waals surface area contributed by atoms with Crippen LogP contribution in [0.1, 0.15) is 61.3 Å². The Labute approximate surface area is 119 Å². The molecule has 0 aromatic carbocycles. The van der Waals surface area contributed by atoms with E-state index in [0.29, 0.717) is 29.7 Å². The van der Waals surface area contributed by atoms with Crippen LogP contribution in [0, 0.1) is 17.8 Å². The smallest absolute Gasteiger partial charge is 0.241 e. The largest absolute Gasteiger partial charge is 0.323 e. The normalized spacial score (nSPS) is 28.8. The van der Waals surface area contributed by atoms with Gasteiger partial charge in [0.1, 0.15) is 0 Å². The van der Waals surface area contributed by atoms with E-state index in [1.807, 2.05) is 0 Å². The number of hydrogen-bond donors (Lipinski definition) is 1. The quantitative estimate of drug-likeness (QED) is 0.802. The third-order valence-corrected chi connectivity index (χ3v) is 4.92. The molecule has 5 unspecified atom stereocenters. The molecule has 0 spiro atoms. The van der Waals surface area contributed by atoms with Gasteiger partial charge in [-0.15, -0.1) is 0 Å². The summed E-state index contributed by atoms with van der Waals surface area (Å²) in [5.41, 5.74) is 0. The van der Waals surface area contributed by atoms with Crippen LogP contribution in [0.2, 0.25) is 0 Å². The lowest BCUT2D eigenvalue weighted by molar-refractivity contribution is -0.134. The van der Waals surface area contributed by atoms with Crippen LogP contribution in [0.3, 0.4) is 0 Å². The van der Waals surface area contributed by atoms with Crippen molar-refractivity contribution in [2.24, 2.45) is 17.8 Å². The maximum absolute atomic E-state index is 12.7. The summed E-state index contributed by atoms with van der Waals surface area (Å²) in [4.78, 5) is 14.9. The average molecular weight is 268 g/mol. The molecule has 1 rings (SSSR count). The minimum atomic E-state index is 0.00362. The Morgan fingerprint density at radius 2 is 1.68 bits per heavy atom. The van der Waals surface area contributed by atoms with Gasteiger partial charge in [0.05, 0.1) is 12.2 Å². The highest BCUT2D eigenvalue weighted by Crippen LogP contribution is 2.28. The Bertz CT molecular complexity index is 303. The van der Waals surface area contributed by atoms with E-state index in [1.54, 1.807) is 0 Å². The molecule has 1 heterocycles. The molecule has 1 aliphatic heterocycles. The topological polar surface area (TPSA) is 32.3 Å². The van der Waals surface area contributed by atoms with Gasteiger partial charge in [0.25, 0.3) is 0 Å². The molecule has 0 aromatic heterocycles. The molecular formula is C16H32N2O. The SMILES string of the molecule is CCC(C)C1NC(C(C)C)N(C(C)C(C)CC)C1=O. The number of rotatable bonds is 6. The number of amides is 1. The van der Waals surface area contributed by atoms with Crippen LogP contribution in [0.5, 0.6) is 0 Å². The van der Waals surface area contributed by atoms with E-state index in [0.717, 1.165) is 12.8 Å². The molecular weight excluding hydrogens is 236 g/mol. The molecule has 1 amide bonds. The summed E-state index contributed by atoms with van der Waals surface area (Å²) >= 11 is 0. The third kappa shape index (κ3) is 3.31. The number of nitrogens with one attached hydrogen (secondary N) is 1. The highest BCUT2D eigenvalue weighted by atomic mass is 16.2. The lowest BCUT2D eigenvalue weighted by Gasteiger charge is -2.35. The van der Waals surface area contributed by atoms with Crippen LogP contribution in [-0.4, -0.2) is 29.1 Å². The minimum absolute atomic E-state index is 0.00362. The summed E-state index contributed by atoms with van der Waals surface area (Å²) in [7, 11) is 0. The van der Waals surface area contributed by atoms with Crippen LogP contribution >= 0.6 is 0 Å². The summed E-state index contributed by atoms with van der Waals surface area (Å²) in [6.07, 6.45) is 2.35. The monoisotopic (exact) mass is 268 g/mol. The van der Waals surface area contributed by atoms with Crippen molar-refractivity contribution in [1.82, 2.24) is 10.2 Å². The van der Waals surface area contributed by atoms with E-state index in [1.165, 1.54) is 0 Å². The first-order valence-corrected chi connectivity index (χ1v) is 7.93. The molecule has 1 N–H and O–H groups in total. The summed E-state index contributed by atoms with van der Waals surface area (Å²) < 4.78 is 0. The zero-order valence-corrected chi connectivity index (χ0v) is 13.7. The van der Waals surface area contributed by atoms with Crippen LogP contribution in [-0.2, 0) is 4.79 Å². The van der Waals surface area contributed by atoms with E-state index in [4.69, 9.17) is 0 Å². The van der Waals surface area contributed by atoms with E-state index in [-0.39, 0.29) is 12.2 Å². The van der Waals surface area contributed by atoms with Crippen molar-refractivity contribution >= 4 is 5.91 Å². The molecule has 0 radical (unpaired) electrons. The fraction of sp³-hybridized carbons (Fsp3) is 0.938. The second kappa shape index (κ2) is 6.74. The molecule has 1 fully saturated rings. The average Bonchev–Trinajstić information content (AvgIpc) is 2.73. The van der Waals surface area contributed by atoms with Crippen molar-refractivity contribution in [3.63, 3.8) is 0 Å². The Morgan fingerprint density at radius 3 is 2.11 bits per heavy atom. The van der Waals surface area contributed by atoms with Gasteiger partial charge in [0.2, 0.25) is 5.91 Å². The highest BCUT2D eigenvalue weighted by Gasteiger charge is 2.44. The van der Waals surface area contributed by atoms with Gasteiger partial charge < -0.3 is 4.90 Å².